The van der Waals surface area contributed by atoms with E-state index in [0.29, 0.717) is 16.8 Å². The van der Waals surface area contributed by atoms with E-state index in [0.717, 1.165) is 16.8 Å². The van der Waals surface area contributed by atoms with Gasteiger partial charge in [-0.25, -0.2) is 4.79 Å². The Morgan fingerprint density at radius 2 is 1.72 bits per heavy atom. The average molecular weight is 530 g/mol. The Balaban J connectivity index is 1.34. The number of hydrogen-bond donors (Lipinski definition) is 4. The molecule has 0 atom stereocenters. The molecule has 3 amide bonds. The van der Waals surface area contributed by atoms with Crippen LogP contribution in [-0.2, 0) is 32.2 Å². The normalized spacial score (nSPS) is 12.3. The van der Waals surface area contributed by atoms with Gasteiger partial charge < -0.3 is 25.0 Å². The smallest absolute Gasteiger partial charge is 0.413 e. The third-order valence-corrected chi connectivity index (χ3v) is 5.93. The van der Waals surface area contributed by atoms with Crippen molar-refractivity contribution in [3.8, 4) is 0 Å². The Labute approximate surface area is 224 Å². The van der Waals surface area contributed by atoms with Gasteiger partial charge in [0, 0.05) is 29.0 Å². The molecule has 0 radical (unpaired) electrons. The quantitative estimate of drug-likeness (QED) is 0.209. The maximum absolute atomic E-state index is 12.8. The number of alkyl carbamates (subject to hydrolysis) is 1. The Hall–Kier alpha value is -5.19. The summed E-state index contributed by atoms with van der Waals surface area (Å²) in [5, 5.41) is 16.3. The minimum atomic E-state index is -0.754. The van der Waals surface area contributed by atoms with E-state index in [9.17, 15) is 19.2 Å². The molecule has 0 spiro atoms. The maximum atomic E-state index is 12.8. The van der Waals surface area contributed by atoms with Crippen LogP contribution >= 0.6 is 0 Å². The van der Waals surface area contributed by atoms with Gasteiger partial charge in [-0.1, -0.05) is 42.5 Å². The Bertz CT molecular complexity index is 1390. The number of carbonyl (C=O) groups is 4. The van der Waals surface area contributed by atoms with Gasteiger partial charge in [-0.15, -0.1) is 0 Å². The zero-order chi connectivity index (χ0) is 27.8. The molecule has 0 unspecified atom stereocenters. The number of carbonyl (C=O) groups excluding carboxylic acids is 4. The number of hydrogen-bond acceptors (Lipinski definition) is 8. The molecule has 0 bridgehead atoms. The van der Waals surface area contributed by atoms with E-state index in [-0.39, 0.29) is 43.9 Å². The first-order chi connectivity index (χ1) is 18.8. The highest BCUT2D eigenvalue weighted by Gasteiger charge is 2.23. The Morgan fingerprint density at radius 1 is 1.00 bits per heavy atom. The van der Waals surface area contributed by atoms with E-state index in [1.165, 1.54) is 24.1 Å². The van der Waals surface area contributed by atoms with Crippen molar-refractivity contribution < 1.29 is 28.7 Å². The molecule has 1 heterocycles. The summed E-state index contributed by atoms with van der Waals surface area (Å²) >= 11 is 0. The molecule has 11 heteroatoms. The number of methoxy groups -OCH3 is 1. The SMILES string of the molecule is COC(=O)CN1Cc2cc(NC(=O)c3ccc(C(=N)NC(=O)OCc4ccccc4)cc3)ccc2NCC1=O. The maximum Gasteiger partial charge on any atom is 0.413 e. The molecule has 4 rings (SSSR count). The minimum absolute atomic E-state index is 0.0384. The molecule has 0 aromatic heterocycles. The topological polar surface area (TPSA) is 150 Å². The fourth-order valence-electron chi connectivity index (χ4n) is 3.84. The van der Waals surface area contributed by atoms with Gasteiger partial charge in [0.25, 0.3) is 5.91 Å². The highest BCUT2D eigenvalue weighted by molar-refractivity contribution is 6.07. The van der Waals surface area contributed by atoms with E-state index in [1.54, 1.807) is 30.3 Å². The molecule has 0 aliphatic carbocycles. The summed E-state index contributed by atoms with van der Waals surface area (Å²) in [6, 6.07) is 20.6. The lowest BCUT2D eigenvalue weighted by molar-refractivity contribution is -0.146. The zero-order valence-electron chi connectivity index (χ0n) is 21.2. The fourth-order valence-corrected chi connectivity index (χ4v) is 3.84. The first-order valence-corrected chi connectivity index (χ1v) is 12.0. The number of amidine groups is 1. The molecule has 0 saturated carbocycles. The number of fused-ring (bicyclic) bond motifs is 1. The Kier molecular flexibility index (Phi) is 8.52. The van der Waals surface area contributed by atoms with E-state index in [1.807, 2.05) is 30.3 Å². The predicted octanol–water partition coefficient (Wildman–Crippen LogP) is 3.12. The highest BCUT2D eigenvalue weighted by atomic mass is 16.5. The van der Waals surface area contributed by atoms with Gasteiger partial charge in [0.2, 0.25) is 5.91 Å². The van der Waals surface area contributed by atoms with Crippen LogP contribution in [0.5, 0.6) is 0 Å². The van der Waals surface area contributed by atoms with Crippen molar-refractivity contribution in [2.75, 3.05) is 30.8 Å². The first-order valence-electron chi connectivity index (χ1n) is 12.0. The monoisotopic (exact) mass is 529 g/mol. The molecule has 3 aromatic carbocycles. The molecule has 1 aliphatic rings. The lowest BCUT2D eigenvalue weighted by atomic mass is 10.1. The lowest BCUT2D eigenvalue weighted by Crippen LogP contribution is -2.37. The summed E-state index contributed by atoms with van der Waals surface area (Å²) in [7, 11) is 1.26. The van der Waals surface area contributed by atoms with E-state index in [4.69, 9.17) is 10.1 Å². The van der Waals surface area contributed by atoms with Crippen molar-refractivity contribution in [3.05, 3.63) is 95.1 Å². The molecular weight excluding hydrogens is 502 g/mol. The Morgan fingerprint density at radius 3 is 2.44 bits per heavy atom. The molecule has 39 heavy (non-hydrogen) atoms. The molecule has 0 saturated heterocycles. The van der Waals surface area contributed by atoms with E-state index in [2.05, 4.69) is 20.7 Å². The molecular formula is C28H27N5O6. The number of nitrogens with zero attached hydrogens (tertiary/aromatic N) is 1. The van der Waals surface area contributed by atoms with E-state index >= 15 is 0 Å². The third kappa shape index (κ3) is 7.19. The number of benzene rings is 3. The number of anilines is 2. The van der Waals surface area contributed by atoms with Gasteiger partial charge in [0.1, 0.15) is 19.0 Å². The number of nitrogens with one attached hydrogen (secondary N) is 4. The van der Waals surface area contributed by atoms with Gasteiger partial charge in [-0.05, 0) is 41.5 Å². The molecule has 200 valence electrons. The van der Waals surface area contributed by atoms with Crippen molar-refractivity contribution in [1.82, 2.24) is 10.2 Å². The molecule has 3 aromatic rings. The summed E-state index contributed by atoms with van der Waals surface area (Å²) in [5.41, 5.74) is 3.53. The largest absolute Gasteiger partial charge is 0.468 e. The van der Waals surface area contributed by atoms with Gasteiger partial charge in [-0.3, -0.25) is 25.1 Å². The number of rotatable bonds is 7. The molecule has 0 fully saturated rings. The lowest BCUT2D eigenvalue weighted by Gasteiger charge is -2.19. The molecule has 4 N–H and O–H groups in total. The van der Waals surface area contributed by atoms with Crippen LogP contribution in [-0.4, -0.2) is 54.8 Å². The van der Waals surface area contributed by atoms with Crippen LogP contribution in [0.25, 0.3) is 0 Å². The van der Waals surface area contributed by atoms with Crippen LogP contribution in [0.4, 0.5) is 16.2 Å². The highest BCUT2D eigenvalue weighted by Crippen LogP contribution is 2.25. The fraction of sp³-hybridized carbons (Fsp3) is 0.179. The van der Waals surface area contributed by atoms with Gasteiger partial charge >= 0.3 is 12.1 Å². The van der Waals surface area contributed by atoms with Crippen LogP contribution in [0.3, 0.4) is 0 Å². The van der Waals surface area contributed by atoms with Crippen molar-refractivity contribution in [2.24, 2.45) is 0 Å². The summed E-state index contributed by atoms with van der Waals surface area (Å²) in [6.45, 7) is 0.125. The van der Waals surface area contributed by atoms with Crippen molar-refractivity contribution >= 4 is 41.1 Å². The third-order valence-electron chi connectivity index (χ3n) is 5.93. The number of esters is 1. The standard InChI is InChI=1S/C28H27N5O6/c1-38-25(35)16-33-15-21-13-22(11-12-23(21)30-14-24(33)34)31-27(36)20-9-7-19(8-10-20)26(29)32-28(37)39-17-18-5-3-2-4-6-18/h2-13,30H,14-17H2,1H3,(H,31,36)(H2,29,32,37). The van der Waals surface area contributed by atoms with Crippen LogP contribution in [0.15, 0.2) is 72.8 Å². The summed E-state index contributed by atoms with van der Waals surface area (Å²) < 4.78 is 9.80. The van der Waals surface area contributed by atoms with Crippen LogP contribution in [0.1, 0.15) is 27.0 Å². The number of ether oxygens (including phenoxy) is 2. The minimum Gasteiger partial charge on any atom is -0.468 e. The zero-order valence-corrected chi connectivity index (χ0v) is 21.2. The van der Waals surface area contributed by atoms with Crippen LogP contribution in [0, 0.1) is 5.41 Å². The molecule has 11 nitrogen and oxygen atoms in total. The van der Waals surface area contributed by atoms with Crippen LogP contribution in [0.2, 0.25) is 0 Å². The van der Waals surface area contributed by atoms with Crippen LogP contribution < -0.4 is 16.0 Å². The van der Waals surface area contributed by atoms with Gasteiger partial charge in [-0.2, -0.15) is 0 Å². The van der Waals surface area contributed by atoms with Gasteiger partial charge in [0.15, 0.2) is 0 Å². The van der Waals surface area contributed by atoms with Crippen molar-refractivity contribution in [2.45, 2.75) is 13.2 Å². The van der Waals surface area contributed by atoms with Gasteiger partial charge in [0.05, 0.1) is 13.7 Å². The van der Waals surface area contributed by atoms with E-state index < -0.39 is 12.1 Å². The summed E-state index contributed by atoms with van der Waals surface area (Å²) in [5.74, 6) is -1.31. The van der Waals surface area contributed by atoms with Crippen molar-refractivity contribution in [1.29, 1.82) is 5.41 Å². The molecule has 1 aliphatic heterocycles. The summed E-state index contributed by atoms with van der Waals surface area (Å²) in [4.78, 5) is 50.3. The second kappa shape index (κ2) is 12.4. The van der Waals surface area contributed by atoms with Crippen molar-refractivity contribution in [3.63, 3.8) is 0 Å². The number of amides is 3. The second-order valence-corrected chi connectivity index (χ2v) is 8.64. The predicted molar refractivity (Wildman–Crippen MR) is 143 cm³/mol. The second-order valence-electron chi connectivity index (χ2n) is 8.64. The average Bonchev–Trinajstić information content (AvgIpc) is 3.10. The first kappa shape index (κ1) is 26.9. The summed E-state index contributed by atoms with van der Waals surface area (Å²) in [6.07, 6.45) is -0.754.